The third-order valence-electron chi connectivity index (χ3n) is 4.15. The van der Waals surface area contributed by atoms with Crippen molar-refractivity contribution in [2.45, 2.75) is 58.9 Å². The Morgan fingerprint density at radius 2 is 1.63 bits per heavy atom. The summed E-state index contributed by atoms with van der Waals surface area (Å²) in [5, 5.41) is 3.63. The molecule has 19 heavy (non-hydrogen) atoms. The van der Waals surface area contributed by atoms with Gasteiger partial charge in [-0.05, 0) is 48.8 Å². The third kappa shape index (κ3) is 5.36. The van der Waals surface area contributed by atoms with Crippen LogP contribution < -0.4 is 5.32 Å². The second-order valence-corrected chi connectivity index (χ2v) is 6.55. The van der Waals surface area contributed by atoms with Crippen molar-refractivity contribution in [2.75, 3.05) is 6.54 Å². The fraction of sp³-hybridized carbons (Fsp3) is 0.667. The van der Waals surface area contributed by atoms with Crippen LogP contribution in [0.1, 0.15) is 57.1 Å². The lowest BCUT2D eigenvalue weighted by atomic mass is 9.89. The minimum absolute atomic E-state index is 0.746. The largest absolute Gasteiger partial charge is 0.312 e. The van der Waals surface area contributed by atoms with Gasteiger partial charge in [-0.15, -0.1) is 0 Å². The molecule has 0 spiro atoms. The molecule has 0 saturated heterocycles. The van der Waals surface area contributed by atoms with Crippen LogP contribution >= 0.6 is 0 Å². The maximum atomic E-state index is 3.63. The van der Waals surface area contributed by atoms with Crippen molar-refractivity contribution in [1.29, 1.82) is 0 Å². The van der Waals surface area contributed by atoms with Crippen molar-refractivity contribution in [3.8, 4) is 0 Å². The summed E-state index contributed by atoms with van der Waals surface area (Å²) >= 11 is 0. The lowest BCUT2D eigenvalue weighted by Gasteiger charge is -2.21. The first-order valence-electron chi connectivity index (χ1n) is 8.02. The molecule has 1 nitrogen and oxygen atoms in total. The Hall–Kier alpha value is -0.820. The zero-order valence-electron chi connectivity index (χ0n) is 12.6. The molecule has 106 valence electrons. The van der Waals surface area contributed by atoms with E-state index >= 15 is 0 Å². The van der Waals surface area contributed by atoms with Gasteiger partial charge in [0.2, 0.25) is 0 Å². The molecule has 1 N–H and O–H groups in total. The summed E-state index contributed by atoms with van der Waals surface area (Å²) in [4.78, 5) is 0. The highest BCUT2D eigenvalue weighted by atomic mass is 14.9. The lowest BCUT2D eigenvalue weighted by Crippen LogP contribution is -2.24. The molecule has 1 saturated carbocycles. The highest BCUT2D eigenvalue weighted by Gasteiger charge is 2.12. The van der Waals surface area contributed by atoms with Gasteiger partial charge in [0.25, 0.3) is 0 Å². The average Bonchev–Trinajstić information content (AvgIpc) is 2.41. The molecule has 1 aromatic carbocycles. The summed E-state index contributed by atoms with van der Waals surface area (Å²) in [7, 11) is 0. The van der Waals surface area contributed by atoms with E-state index < -0.39 is 0 Å². The van der Waals surface area contributed by atoms with E-state index in [4.69, 9.17) is 0 Å². The summed E-state index contributed by atoms with van der Waals surface area (Å²) in [6, 6.07) is 9.15. The van der Waals surface area contributed by atoms with Gasteiger partial charge in [-0.3, -0.25) is 0 Å². The fourth-order valence-corrected chi connectivity index (χ4v) is 3.08. The standard InChI is InChI=1S/C18H29N/c1-15(2)12-16-8-10-18(11-9-16)14-19-13-17-6-4-3-5-7-17/h8-11,15,17,19H,3-7,12-14H2,1-2H3. The Morgan fingerprint density at radius 1 is 1.00 bits per heavy atom. The van der Waals surface area contributed by atoms with E-state index in [1.54, 1.807) is 0 Å². The molecule has 1 aliphatic carbocycles. The van der Waals surface area contributed by atoms with Crippen molar-refractivity contribution in [3.05, 3.63) is 35.4 Å². The maximum Gasteiger partial charge on any atom is 0.0205 e. The van der Waals surface area contributed by atoms with Gasteiger partial charge < -0.3 is 5.32 Å². The smallest absolute Gasteiger partial charge is 0.0205 e. The van der Waals surface area contributed by atoms with E-state index in [9.17, 15) is 0 Å². The van der Waals surface area contributed by atoms with Crippen molar-refractivity contribution in [1.82, 2.24) is 5.32 Å². The zero-order valence-corrected chi connectivity index (χ0v) is 12.6. The molecule has 1 aromatic rings. The van der Waals surface area contributed by atoms with E-state index in [0.29, 0.717) is 0 Å². The quantitative estimate of drug-likeness (QED) is 0.790. The number of benzene rings is 1. The Balaban J connectivity index is 1.70. The van der Waals surface area contributed by atoms with Crippen LogP contribution in [0.5, 0.6) is 0 Å². The zero-order chi connectivity index (χ0) is 13.5. The van der Waals surface area contributed by atoms with Crippen LogP contribution in [0.25, 0.3) is 0 Å². The molecule has 1 heteroatoms. The number of hydrogen-bond donors (Lipinski definition) is 1. The van der Waals surface area contributed by atoms with Crippen LogP contribution in [0.3, 0.4) is 0 Å². The van der Waals surface area contributed by atoms with Crippen LogP contribution in [0.4, 0.5) is 0 Å². The van der Waals surface area contributed by atoms with E-state index in [1.165, 1.54) is 56.2 Å². The summed E-state index contributed by atoms with van der Waals surface area (Å²) in [5.74, 6) is 1.67. The van der Waals surface area contributed by atoms with Crippen LogP contribution in [-0.2, 0) is 13.0 Å². The molecule has 0 bridgehead atoms. The number of rotatable bonds is 6. The molecule has 1 fully saturated rings. The van der Waals surface area contributed by atoms with Gasteiger partial charge in [0, 0.05) is 6.54 Å². The summed E-state index contributed by atoms with van der Waals surface area (Å²) < 4.78 is 0. The van der Waals surface area contributed by atoms with Gasteiger partial charge in [0.05, 0.1) is 0 Å². The molecule has 0 heterocycles. The average molecular weight is 259 g/mol. The Kier molecular flexibility index (Phi) is 5.91. The molecule has 2 rings (SSSR count). The first kappa shape index (κ1) is 14.6. The molecule has 0 aromatic heterocycles. The van der Waals surface area contributed by atoms with Gasteiger partial charge >= 0.3 is 0 Å². The highest BCUT2D eigenvalue weighted by molar-refractivity contribution is 5.22. The van der Waals surface area contributed by atoms with E-state index in [-0.39, 0.29) is 0 Å². The van der Waals surface area contributed by atoms with Crippen molar-refractivity contribution in [2.24, 2.45) is 11.8 Å². The van der Waals surface area contributed by atoms with Crippen LogP contribution in [0.15, 0.2) is 24.3 Å². The van der Waals surface area contributed by atoms with Gasteiger partial charge in [-0.25, -0.2) is 0 Å². The fourth-order valence-electron chi connectivity index (χ4n) is 3.08. The highest BCUT2D eigenvalue weighted by Crippen LogP contribution is 2.22. The monoisotopic (exact) mass is 259 g/mol. The van der Waals surface area contributed by atoms with Crippen molar-refractivity contribution < 1.29 is 0 Å². The van der Waals surface area contributed by atoms with Crippen LogP contribution in [-0.4, -0.2) is 6.54 Å². The number of hydrogen-bond acceptors (Lipinski definition) is 1. The summed E-state index contributed by atoms with van der Waals surface area (Å²) in [6.07, 6.45) is 8.39. The van der Waals surface area contributed by atoms with Gasteiger partial charge in [-0.2, -0.15) is 0 Å². The van der Waals surface area contributed by atoms with Gasteiger partial charge in [0.1, 0.15) is 0 Å². The molecule has 0 aliphatic heterocycles. The molecule has 0 amide bonds. The molecule has 0 atom stereocenters. The predicted molar refractivity (Wildman–Crippen MR) is 83.3 cm³/mol. The predicted octanol–water partition coefficient (Wildman–Crippen LogP) is 4.56. The SMILES string of the molecule is CC(C)Cc1ccc(CNCC2CCCCC2)cc1. The summed E-state index contributed by atoms with van der Waals surface area (Å²) in [6.45, 7) is 6.78. The normalized spacial score (nSPS) is 17.0. The van der Waals surface area contributed by atoms with Crippen molar-refractivity contribution in [3.63, 3.8) is 0 Å². The maximum absolute atomic E-state index is 3.63. The van der Waals surface area contributed by atoms with Crippen LogP contribution in [0, 0.1) is 11.8 Å². The first-order valence-corrected chi connectivity index (χ1v) is 8.02. The van der Waals surface area contributed by atoms with E-state index in [0.717, 1.165) is 18.4 Å². The molecule has 0 unspecified atom stereocenters. The van der Waals surface area contributed by atoms with E-state index in [1.807, 2.05) is 0 Å². The minimum Gasteiger partial charge on any atom is -0.312 e. The van der Waals surface area contributed by atoms with Crippen molar-refractivity contribution >= 4 is 0 Å². The Labute approximate surface area is 118 Å². The Bertz CT molecular complexity index is 346. The van der Waals surface area contributed by atoms with Gasteiger partial charge in [0.15, 0.2) is 0 Å². The van der Waals surface area contributed by atoms with Gasteiger partial charge in [-0.1, -0.05) is 57.4 Å². The van der Waals surface area contributed by atoms with E-state index in [2.05, 4.69) is 43.4 Å². The van der Waals surface area contributed by atoms with Crippen LogP contribution in [0.2, 0.25) is 0 Å². The minimum atomic E-state index is 0.746. The molecular weight excluding hydrogens is 230 g/mol. The second-order valence-electron chi connectivity index (χ2n) is 6.55. The lowest BCUT2D eigenvalue weighted by molar-refractivity contribution is 0.342. The first-order chi connectivity index (χ1) is 9.24. The Morgan fingerprint density at radius 3 is 2.26 bits per heavy atom. The molecule has 1 aliphatic rings. The molecular formula is C18H29N. The number of nitrogens with one attached hydrogen (secondary N) is 1. The topological polar surface area (TPSA) is 12.0 Å². The molecule has 0 radical (unpaired) electrons. The second kappa shape index (κ2) is 7.69. The third-order valence-corrected chi connectivity index (χ3v) is 4.15. The summed E-state index contributed by atoms with van der Waals surface area (Å²) in [5.41, 5.74) is 2.88.